The van der Waals surface area contributed by atoms with Crippen LogP contribution < -0.4 is 14.8 Å². The van der Waals surface area contributed by atoms with Gasteiger partial charge in [0.15, 0.2) is 0 Å². The fourth-order valence-corrected chi connectivity index (χ4v) is 2.35. The monoisotopic (exact) mass is 305 g/mol. The van der Waals surface area contributed by atoms with E-state index in [2.05, 4.69) is 24.4 Å². The van der Waals surface area contributed by atoms with E-state index in [-0.39, 0.29) is 6.04 Å². The molecule has 0 saturated carbocycles. The van der Waals surface area contributed by atoms with Gasteiger partial charge in [-0.1, -0.05) is 23.7 Å². The fraction of sp³-hybridized carbons (Fsp3) is 0.294. The summed E-state index contributed by atoms with van der Waals surface area (Å²) in [6.45, 7) is 2.13. The van der Waals surface area contributed by atoms with Gasteiger partial charge in [0.05, 0.1) is 24.9 Å². The van der Waals surface area contributed by atoms with Crippen LogP contribution in [0.25, 0.3) is 0 Å². The maximum Gasteiger partial charge on any atom is 0.121 e. The maximum absolute atomic E-state index is 6.21. The van der Waals surface area contributed by atoms with Crippen molar-refractivity contribution in [3.63, 3.8) is 0 Å². The summed E-state index contributed by atoms with van der Waals surface area (Å²) >= 11 is 6.21. The van der Waals surface area contributed by atoms with Crippen molar-refractivity contribution in [2.45, 2.75) is 19.4 Å². The van der Waals surface area contributed by atoms with Crippen molar-refractivity contribution >= 4 is 17.3 Å². The number of hydrogen-bond donors (Lipinski definition) is 1. The van der Waals surface area contributed by atoms with Crippen LogP contribution in [-0.4, -0.2) is 20.3 Å². The zero-order valence-corrected chi connectivity index (χ0v) is 13.3. The van der Waals surface area contributed by atoms with Crippen LogP contribution in [0.15, 0.2) is 42.5 Å². The van der Waals surface area contributed by atoms with Crippen LogP contribution in [0.3, 0.4) is 0 Å². The highest BCUT2D eigenvalue weighted by Crippen LogP contribution is 2.27. The molecule has 0 aliphatic heterocycles. The van der Waals surface area contributed by atoms with Crippen molar-refractivity contribution in [1.29, 1.82) is 0 Å². The highest BCUT2D eigenvalue weighted by atomic mass is 35.5. The van der Waals surface area contributed by atoms with E-state index >= 15 is 0 Å². The Labute approximate surface area is 130 Å². The minimum atomic E-state index is 0.253. The lowest BCUT2D eigenvalue weighted by Gasteiger charge is -2.17. The zero-order valence-electron chi connectivity index (χ0n) is 12.5. The Hall–Kier alpha value is -1.87. The van der Waals surface area contributed by atoms with Crippen molar-refractivity contribution in [2.24, 2.45) is 0 Å². The number of anilines is 1. The van der Waals surface area contributed by atoms with Gasteiger partial charge in [0.1, 0.15) is 11.5 Å². The van der Waals surface area contributed by atoms with Crippen molar-refractivity contribution in [1.82, 2.24) is 0 Å². The number of rotatable bonds is 6. The lowest BCUT2D eigenvalue weighted by Crippen LogP contribution is -2.18. The molecule has 0 bridgehead atoms. The molecule has 1 unspecified atom stereocenters. The lowest BCUT2D eigenvalue weighted by molar-refractivity contribution is 0.414. The fourth-order valence-electron chi connectivity index (χ4n) is 2.17. The average molecular weight is 306 g/mol. The van der Waals surface area contributed by atoms with Gasteiger partial charge in [0.2, 0.25) is 0 Å². The van der Waals surface area contributed by atoms with Gasteiger partial charge in [-0.05, 0) is 43.2 Å². The van der Waals surface area contributed by atoms with Gasteiger partial charge < -0.3 is 14.8 Å². The second-order valence-electron chi connectivity index (χ2n) is 4.94. The Morgan fingerprint density at radius 1 is 1.00 bits per heavy atom. The third kappa shape index (κ3) is 4.30. The van der Waals surface area contributed by atoms with Crippen LogP contribution >= 0.6 is 11.6 Å². The minimum absolute atomic E-state index is 0.253. The van der Waals surface area contributed by atoms with Gasteiger partial charge in [0, 0.05) is 12.1 Å². The van der Waals surface area contributed by atoms with Gasteiger partial charge in [-0.2, -0.15) is 0 Å². The Morgan fingerprint density at radius 3 is 2.24 bits per heavy atom. The van der Waals surface area contributed by atoms with E-state index in [9.17, 15) is 0 Å². The van der Waals surface area contributed by atoms with Gasteiger partial charge in [0.25, 0.3) is 0 Å². The van der Waals surface area contributed by atoms with E-state index in [0.29, 0.717) is 5.02 Å². The number of benzene rings is 2. The first-order chi connectivity index (χ1) is 10.1. The molecule has 4 heteroatoms. The van der Waals surface area contributed by atoms with E-state index in [1.54, 1.807) is 14.2 Å². The van der Waals surface area contributed by atoms with E-state index < -0.39 is 0 Å². The second kappa shape index (κ2) is 7.23. The smallest absolute Gasteiger partial charge is 0.121 e. The zero-order chi connectivity index (χ0) is 15.2. The lowest BCUT2D eigenvalue weighted by atomic mass is 10.1. The van der Waals surface area contributed by atoms with Gasteiger partial charge in [-0.3, -0.25) is 0 Å². The SMILES string of the molecule is COc1ccc(CC(C)Nc2cc(OC)ccc2Cl)cc1. The van der Waals surface area contributed by atoms with Crippen LogP contribution in [0.5, 0.6) is 11.5 Å². The summed E-state index contributed by atoms with van der Waals surface area (Å²) in [6, 6.07) is 13.9. The highest BCUT2D eigenvalue weighted by molar-refractivity contribution is 6.33. The summed E-state index contributed by atoms with van der Waals surface area (Å²) in [7, 11) is 3.32. The third-order valence-corrected chi connectivity index (χ3v) is 3.61. The Kier molecular flexibility index (Phi) is 5.34. The van der Waals surface area contributed by atoms with Gasteiger partial charge in [-0.15, -0.1) is 0 Å². The summed E-state index contributed by atoms with van der Waals surface area (Å²) in [5.41, 5.74) is 2.13. The molecule has 2 aromatic rings. The van der Waals surface area contributed by atoms with Crippen LogP contribution in [0, 0.1) is 0 Å². The van der Waals surface area contributed by atoms with E-state index in [1.807, 2.05) is 30.3 Å². The minimum Gasteiger partial charge on any atom is -0.497 e. The number of ether oxygens (including phenoxy) is 2. The molecule has 0 radical (unpaired) electrons. The number of hydrogen-bond acceptors (Lipinski definition) is 3. The van der Waals surface area contributed by atoms with E-state index in [1.165, 1.54) is 5.56 Å². The molecule has 2 aromatic carbocycles. The second-order valence-corrected chi connectivity index (χ2v) is 5.35. The molecule has 0 amide bonds. The largest absolute Gasteiger partial charge is 0.497 e. The molecule has 0 saturated heterocycles. The summed E-state index contributed by atoms with van der Waals surface area (Å²) in [5.74, 6) is 1.66. The normalized spacial score (nSPS) is 11.8. The Morgan fingerprint density at radius 2 is 1.62 bits per heavy atom. The standard InChI is InChI=1S/C17H20ClNO2/c1-12(10-13-4-6-14(20-2)7-5-13)19-17-11-15(21-3)8-9-16(17)18/h4-9,11-12,19H,10H2,1-3H3. The molecule has 0 spiro atoms. The average Bonchev–Trinajstić information content (AvgIpc) is 2.50. The van der Waals surface area contributed by atoms with Crippen molar-refractivity contribution in [2.75, 3.05) is 19.5 Å². The summed E-state index contributed by atoms with van der Waals surface area (Å²) in [5, 5.41) is 4.11. The van der Waals surface area contributed by atoms with E-state index in [0.717, 1.165) is 23.6 Å². The van der Waals surface area contributed by atoms with Crippen LogP contribution in [0.1, 0.15) is 12.5 Å². The quantitative estimate of drug-likeness (QED) is 0.858. The molecule has 2 rings (SSSR count). The maximum atomic E-state index is 6.21. The molecule has 0 aromatic heterocycles. The summed E-state index contributed by atoms with van der Waals surface area (Å²) in [4.78, 5) is 0. The number of nitrogens with one attached hydrogen (secondary N) is 1. The van der Waals surface area contributed by atoms with Crippen LogP contribution in [-0.2, 0) is 6.42 Å². The molecule has 0 aliphatic carbocycles. The molecule has 21 heavy (non-hydrogen) atoms. The van der Waals surface area contributed by atoms with Crippen molar-refractivity contribution in [3.05, 3.63) is 53.1 Å². The first kappa shape index (κ1) is 15.5. The van der Waals surface area contributed by atoms with E-state index in [4.69, 9.17) is 21.1 Å². The molecule has 0 aliphatic rings. The molecular formula is C17H20ClNO2. The van der Waals surface area contributed by atoms with Gasteiger partial charge >= 0.3 is 0 Å². The van der Waals surface area contributed by atoms with Crippen LogP contribution in [0.2, 0.25) is 5.02 Å². The highest BCUT2D eigenvalue weighted by Gasteiger charge is 2.08. The molecule has 0 fully saturated rings. The molecule has 112 valence electrons. The number of halogens is 1. The van der Waals surface area contributed by atoms with Gasteiger partial charge in [-0.25, -0.2) is 0 Å². The Balaban J connectivity index is 2.02. The summed E-state index contributed by atoms with van der Waals surface area (Å²) in [6.07, 6.45) is 0.900. The Bertz CT molecular complexity index is 584. The molecule has 3 nitrogen and oxygen atoms in total. The van der Waals surface area contributed by atoms with Crippen molar-refractivity contribution < 1.29 is 9.47 Å². The molecule has 1 atom stereocenters. The third-order valence-electron chi connectivity index (χ3n) is 3.28. The first-order valence-corrected chi connectivity index (χ1v) is 7.23. The number of methoxy groups -OCH3 is 2. The molecule has 0 heterocycles. The van der Waals surface area contributed by atoms with Crippen molar-refractivity contribution in [3.8, 4) is 11.5 Å². The topological polar surface area (TPSA) is 30.5 Å². The predicted molar refractivity (Wildman–Crippen MR) is 87.8 cm³/mol. The first-order valence-electron chi connectivity index (χ1n) is 6.85. The molecular weight excluding hydrogens is 286 g/mol. The predicted octanol–water partition coefficient (Wildman–Crippen LogP) is 4.40. The van der Waals surface area contributed by atoms with Crippen LogP contribution in [0.4, 0.5) is 5.69 Å². The molecule has 1 N–H and O–H groups in total. The summed E-state index contributed by atoms with van der Waals surface area (Å²) < 4.78 is 10.4.